The first-order chi connectivity index (χ1) is 18.1. The Labute approximate surface area is 233 Å². The van der Waals surface area contributed by atoms with Gasteiger partial charge >= 0.3 is 5.97 Å². The van der Waals surface area contributed by atoms with E-state index in [0.717, 1.165) is 48.6 Å². The molecule has 2 rings (SSSR count). The Morgan fingerprint density at radius 2 is 1.82 bits per heavy atom. The van der Waals surface area contributed by atoms with Gasteiger partial charge in [-0.2, -0.15) is 0 Å². The van der Waals surface area contributed by atoms with Crippen molar-refractivity contribution in [3.63, 3.8) is 0 Å². The minimum absolute atomic E-state index is 0.197. The van der Waals surface area contributed by atoms with Gasteiger partial charge in [0.25, 0.3) is 0 Å². The molecule has 1 N–H and O–H groups in total. The van der Waals surface area contributed by atoms with E-state index in [1.54, 1.807) is 20.1 Å². The fourth-order valence-corrected chi connectivity index (χ4v) is 4.62. The van der Waals surface area contributed by atoms with E-state index >= 15 is 0 Å². The highest BCUT2D eigenvalue weighted by atomic mass is 32.2. The van der Waals surface area contributed by atoms with Crippen LogP contribution in [-0.2, 0) is 25.5 Å². The van der Waals surface area contributed by atoms with Crippen molar-refractivity contribution in [1.82, 2.24) is 4.90 Å². The molecule has 1 aromatic rings. The summed E-state index contributed by atoms with van der Waals surface area (Å²) in [5.74, 6) is 2.01. The standard InChI is InChI=1S/C25H39NO6.C4H8OS/c1-7-10-20(27)25(28)32-24(21(9-3)29-6)17(4)19-15-23-22(30-16-31-23)14-18(19)11-13-26(5)12-8-2;1-3-6-4(2)5/h9,14-15,17,20,24,27H,7-8,10-13,16H2,1-6H3;3H2,1-2H3/b21-9+;. The molecular formula is C29H47NO7S. The Bertz CT molecular complexity index is 905. The number of ether oxygens (including phenoxy) is 4. The third-order valence-corrected chi connectivity index (χ3v) is 6.87. The minimum Gasteiger partial charge on any atom is -0.497 e. The van der Waals surface area contributed by atoms with Crippen molar-refractivity contribution in [2.24, 2.45) is 0 Å². The number of fused-ring (bicyclic) bond motifs is 1. The number of hydrogen-bond donors (Lipinski definition) is 1. The smallest absolute Gasteiger partial charge is 0.335 e. The molecule has 0 bridgehead atoms. The molecule has 216 valence electrons. The van der Waals surface area contributed by atoms with Crippen LogP contribution in [0, 0.1) is 0 Å². The maximum atomic E-state index is 12.6. The lowest BCUT2D eigenvalue weighted by atomic mass is 9.88. The summed E-state index contributed by atoms with van der Waals surface area (Å²) in [7, 11) is 3.67. The van der Waals surface area contributed by atoms with Gasteiger partial charge in [0.2, 0.25) is 6.79 Å². The normalized spacial score (nSPS) is 14.8. The monoisotopic (exact) mass is 553 g/mol. The van der Waals surface area contributed by atoms with E-state index in [1.165, 1.54) is 11.8 Å². The topological polar surface area (TPSA) is 94.5 Å². The number of allylic oxidation sites excluding steroid dienone is 1. The SMILES string of the molecule is C/C=C(/OC)C(OC(=O)C(O)CCC)C(C)c1cc2c(cc1CCN(C)CCC)OCO2.CCSC(C)=O. The van der Waals surface area contributed by atoms with Crippen LogP contribution in [0.15, 0.2) is 24.0 Å². The first-order valence-electron chi connectivity index (χ1n) is 13.5. The molecule has 3 atom stereocenters. The summed E-state index contributed by atoms with van der Waals surface area (Å²) in [4.78, 5) is 24.9. The summed E-state index contributed by atoms with van der Waals surface area (Å²) in [6.45, 7) is 13.6. The zero-order chi connectivity index (χ0) is 28.7. The molecule has 8 nitrogen and oxygen atoms in total. The van der Waals surface area contributed by atoms with Crippen LogP contribution in [0.5, 0.6) is 11.5 Å². The third-order valence-electron chi connectivity index (χ3n) is 6.17. The minimum atomic E-state index is -1.15. The van der Waals surface area contributed by atoms with E-state index in [0.29, 0.717) is 24.4 Å². The van der Waals surface area contributed by atoms with Gasteiger partial charge in [0.15, 0.2) is 28.8 Å². The van der Waals surface area contributed by atoms with E-state index in [9.17, 15) is 14.7 Å². The van der Waals surface area contributed by atoms with Gasteiger partial charge in [-0.05, 0) is 74.9 Å². The van der Waals surface area contributed by atoms with E-state index in [2.05, 4.69) is 18.9 Å². The van der Waals surface area contributed by atoms with Gasteiger partial charge in [0.1, 0.15) is 5.76 Å². The number of esters is 1. The summed E-state index contributed by atoms with van der Waals surface area (Å²) in [6, 6.07) is 4.01. The van der Waals surface area contributed by atoms with Crippen molar-refractivity contribution in [3.8, 4) is 11.5 Å². The molecule has 1 heterocycles. The van der Waals surface area contributed by atoms with Crippen LogP contribution < -0.4 is 9.47 Å². The first kappa shape index (κ1) is 33.8. The molecule has 3 unspecified atom stereocenters. The highest BCUT2D eigenvalue weighted by molar-refractivity contribution is 8.13. The van der Waals surface area contributed by atoms with Gasteiger partial charge < -0.3 is 29.0 Å². The van der Waals surface area contributed by atoms with Crippen molar-refractivity contribution >= 4 is 22.8 Å². The number of aliphatic hydroxyl groups excluding tert-OH is 1. The number of benzene rings is 1. The maximum Gasteiger partial charge on any atom is 0.335 e. The fraction of sp³-hybridized carbons (Fsp3) is 0.655. The van der Waals surface area contributed by atoms with E-state index in [1.807, 2.05) is 39.8 Å². The molecule has 0 radical (unpaired) electrons. The average molecular weight is 554 g/mol. The van der Waals surface area contributed by atoms with Crippen molar-refractivity contribution in [1.29, 1.82) is 0 Å². The molecule has 1 aliphatic rings. The number of aliphatic hydroxyl groups is 1. The molecular weight excluding hydrogens is 506 g/mol. The molecule has 1 aliphatic heterocycles. The Kier molecular flexibility index (Phi) is 16.1. The van der Waals surface area contributed by atoms with E-state index < -0.39 is 18.2 Å². The Balaban J connectivity index is 0.00000107. The number of carbonyl (C=O) groups excluding carboxylic acids is 2. The number of likely N-dealkylation sites (N-methyl/N-ethyl adjacent to an activating group) is 1. The fourth-order valence-electron chi connectivity index (χ4n) is 4.21. The zero-order valence-electron chi connectivity index (χ0n) is 24.4. The first-order valence-corrected chi connectivity index (χ1v) is 14.4. The highest BCUT2D eigenvalue weighted by Crippen LogP contribution is 2.40. The van der Waals surface area contributed by atoms with Gasteiger partial charge in [0.05, 0.1) is 7.11 Å². The Morgan fingerprint density at radius 1 is 1.16 bits per heavy atom. The molecule has 1 aromatic carbocycles. The lowest BCUT2D eigenvalue weighted by Crippen LogP contribution is -2.33. The van der Waals surface area contributed by atoms with Gasteiger partial charge in [-0.1, -0.05) is 45.9 Å². The summed E-state index contributed by atoms with van der Waals surface area (Å²) in [6.07, 6.45) is 2.94. The van der Waals surface area contributed by atoms with Crippen molar-refractivity contribution in [3.05, 3.63) is 35.1 Å². The lowest BCUT2D eigenvalue weighted by molar-refractivity contribution is -0.160. The lowest BCUT2D eigenvalue weighted by Gasteiger charge is -2.29. The van der Waals surface area contributed by atoms with Crippen molar-refractivity contribution in [2.45, 2.75) is 85.4 Å². The van der Waals surface area contributed by atoms with Crippen LogP contribution in [0.3, 0.4) is 0 Å². The van der Waals surface area contributed by atoms with Crippen LogP contribution in [0.2, 0.25) is 0 Å². The van der Waals surface area contributed by atoms with Crippen molar-refractivity contribution < 1.29 is 33.6 Å². The van der Waals surface area contributed by atoms with Gasteiger partial charge in [-0.25, -0.2) is 4.79 Å². The maximum absolute atomic E-state index is 12.6. The summed E-state index contributed by atoms with van der Waals surface area (Å²) >= 11 is 1.35. The predicted octanol–water partition coefficient (Wildman–Crippen LogP) is 5.31. The second kappa shape index (κ2) is 18.1. The molecule has 0 saturated carbocycles. The van der Waals surface area contributed by atoms with Crippen LogP contribution in [0.4, 0.5) is 0 Å². The van der Waals surface area contributed by atoms with Gasteiger partial charge in [-0.15, -0.1) is 0 Å². The average Bonchev–Trinajstić information content (AvgIpc) is 3.34. The van der Waals surface area contributed by atoms with E-state index in [4.69, 9.17) is 18.9 Å². The van der Waals surface area contributed by atoms with Crippen LogP contribution in [0.25, 0.3) is 0 Å². The third kappa shape index (κ3) is 10.9. The van der Waals surface area contributed by atoms with Crippen LogP contribution in [-0.4, -0.2) is 73.1 Å². The van der Waals surface area contributed by atoms with Crippen LogP contribution >= 0.6 is 11.8 Å². The summed E-state index contributed by atoms with van der Waals surface area (Å²) in [5, 5.41) is 10.4. The summed E-state index contributed by atoms with van der Waals surface area (Å²) < 4.78 is 22.6. The second-order valence-corrected chi connectivity index (χ2v) is 10.7. The molecule has 0 spiro atoms. The number of methoxy groups -OCH3 is 1. The summed E-state index contributed by atoms with van der Waals surface area (Å²) in [5.41, 5.74) is 2.13. The zero-order valence-corrected chi connectivity index (χ0v) is 25.2. The number of thioether (sulfide) groups is 1. The molecule has 9 heteroatoms. The van der Waals surface area contributed by atoms with Crippen LogP contribution in [0.1, 0.15) is 77.8 Å². The second-order valence-electron chi connectivity index (χ2n) is 9.23. The number of nitrogens with zero attached hydrogens (tertiary/aromatic N) is 1. The molecule has 0 amide bonds. The molecule has 0 aliphatic carbocycles. The van der Waals surface area contributed by atoms with Gasteiger partial charge in [-0.3, -0.25) is 4.79 Å². The number of rotatable bonds is 14. The highest BCUT2D eigenvalue weighted by Gasteiger charge is 2.32. The molecule has 0 saturated heterocycles. The Morgan fingerprint density at radius 3 is 2.32 bits per heavy atom. The predicted molar refractivity (Wildman–Crippen MR) is 153 cm³/mol. The number of hydrogen-bond acceptors (Lipinski definition) is 9. The molecule has 0 fully saturated rings. The van der Waals surface area contributed by atoms with E-state index in [-0.39, 0.29) is 17.8 Å². The quantitative estimate of drug-likeness (QED) is 0.243. The molecule has 0 aromatic heterocycles. The van der Waals surface area contributed by atoms with Gasteiger partial charge in [0, 0.05) is 19.4 Å². The number of carbonyl (C=O) groups is 2. The van der Waals surface area contributed by atoms with Crippen molar-refractivity contribution in [2.75, 3.05) is 39.8 Å². The molecule has 38 heavy (non-hydrogen) atoms. The Hall–Kier alpha value is -2.23. The largest absolute Gasteiger partial charge is 0.497 e.